The van der Waals surface area contributed by atoms with Crippen molar-refractivity contribution in [1.82, 2.24) is 9.21 Å². The number of benzene rings is 1. The van der Waals surface area contributed by atoms with Crippen LogP contribution in [-0.2, 0) is 15.4 Å². The van der Waals surface area contributed by atoms with Gasteiger partial charge in [0.25, 0.3) is 0 Å². The maximum absolute atomic E-state index is 12.3. The lowest BCUT2D eigenvalue weighted by Crippen LogP contribution is -2.56. The van der Waals surface area contributed by atoms with Crippen LogP contribution in [0, 0.1) is 5.92 Å². The predicted octanol–water partition coefficient (Wildman–Crippen LogP) is 2.07. The highest BCUT2D eigenvalue weighted by Gasteiger charge is 2.53. The number of sulfonamides is 1. The third-order valence-corrected chi connectivity index (χ3v) is 7.35. The van der Waals surface area contributed by atoms with Crippen LogP contribution in [0.25, 0.3) is 0 Å². The third-order valence-electron chi connectivity index (χ3n) is 6.06. The molecular weight excluding hydrogens is 308 g/mol. The number of hydrogen-bond acceptors (Lipinski definition) is 3. The molecule has 1 aromatic rings. The summed E-state index contributed by atoms with van der Waals surface area (Å²) in [5.41, 5.74) is 1.33. The van der Waals surface area contributed by atoms with E-state index in [1.165, 1.54) is 24.7 Å². The fourth-order valence-corrected chi connectivity index (χ4v) is 5.79. The Kier molecular flexibility index (Phi) is 3.78. The average molecular weight is 334 g/mol. The average Bonchev–Trinajstić information content (AvgIpc) is 3.24. The fourth-order valence-electron chi connectivity index (χ4n) is 4.64. The fraction of sp³-hybridized carbons (Fsp3) is 0.667. The number of hydrogen-bond donors (Lipinski definition) is 0. The van der Waals surface area contributed by atoms with Crippen molar-refractivity contribution < 1.29 is 8.42 Å². The van der Waals surface area contributed by atoms with E-state index in [1.54, 1.807) is 4.31 Å². The molecule has 0 bridgehead atoms. The Morgan fingerprint density at radius 1 is 1.13 bits per heavy atom. The lowest BCUT2D eigenvalue weighted by atomic mass is 9.69. The van der Waals surface area contributed by atoms with Crippen molar-refractivity contribution in [3.63, 3.8) is 0 Å². The molecule has 4 rings (SSSR count). The van der Waals surface area contributed by atoms with Crippen molar-refractivity contribution >= 4 is 10.0 Å². The molecule has 2 atom stereocenters. The van der Waals surface area contributed by atoms with E-state index in [9.17, 15) is 8.42 Å². The van der Waals surface area contributed by atoms with Gasteiger partial charge in [-0.25, -0.2) is 8.42 Å². The molecule has 2 heterocycles. The summed E-state index contributed by atoms with van der Waals surface area (Å²) in [4.78, 5) is 2.51. The first kappa shape index (κ1) is 15.6. The van der Waals surface area contributed by atoms with Crippen LogP contribution in [0.15, 0.2) is 30.3 Å². The molecule has 2 saturated heterocycles. The van der Waals surface area contributed by atoms with E-state index in [4.69, 9.17) is 0 Å². The molecule has 2 aliphatic heterocycles. The molecule has 0 radical (unpaired) electrons. The summed E-state index contributed by atoms with van der Waals surface area (Å²) in [6.07, 6.45) is 6.09. The molecule has 0 N–H and O–H groups in total. The minimum absolute atomic E-state index is 0.00436. The Morgan fingerprint density at radius 3 is 2.48 bits per heavy atom. The lowest BCUT2D eigenvalue weighted by Gasteiger charge is -2.46. The molecule has 126 valence electrons. The van der Waals surface area contributed by atoms with E-state index in [-0.39, 0.29) is 11.5 Å². The topological polar surface area (TPSA) is 40.6 Å². The van der Waals surface area contributed by atoms with Crippen molar-refractivity contribution in [1.29, 1.82) is 0 Å². The van der Waals surface area contributed by atoms with Crippen LogP contribution in [0.1, 0.15) is 31.2 Å². The lowest BCUT2D eigenvalue weighted by molar-refractivity contribution is 0.112. The zero-order chi connectivity index (χ0) is 16.1. The van der Waals surface area contributed by atoms with Crippen molar-refractivity contribution in [2.24, 2.45) is 5.92 Å². The van der Waals surface area contributed by atoms with Crippen molar-refractivity contribution in [3.8, 4) is 0 Å². The summed E-state index contributed by atoms with van der Waals surface area (Å²) in [5, 5.41) is 0. The zero-order valence-corrected chi connectivity index (χ0v) is 14.6. The van der Waals surface area contributed by atoms with Gasteiger partial charge in [-0.05, 0) is 43.7 Å². The number of piperidine rings is 1. The minimum Gasteiger partial charge on any atom is -0.301 e. The van der Waals surface area contributed by atoms with E-state index in [1.807, 2.05) is 6.07 Å². The van der Waals surface area contributed by atoms with Crippen LogP contribution in [0.3, 0.4) is 0 Å². The van der Waals surface area contributed by atoms with Gasteiger partial charge in [-0.2, -0.15) is 4.31 Å². The summed E-state index contributed by atoms with van der Waals surface area (Å²) in [7, 11) is -3.15. The van der Waals surface area contributed by atoms with Gasteiger partial charge < -0.3 is 4.90 Å². The van der Waals surface area contributed by atoms with Gasteiger partial charge in [-0.3, -0.25) is 0 Å². The van der Waals surface area contributed by atoms with Gasteiger partial charge in [0.05, 0.1) is 6.26 Å². The summed E-state index contributed by atoms with van der Waals surface area (Å²) in [6, 6.07) is 10.7. The van der Waals surface area contributed by atoms with E-state index < -0.39 is 10.0 Å². The van der Waals surface area contributed by atoms with Crippen molar-refractivity contribution in [2.75, 3.05) is 32.4 Å². The quantitative estimate of drug-likeness (QED) is 0.846. The predicted molar refractivity (Wildman–Crippen MR) is 91.9 cm³/mol. The molecular formula is C18H26N2O2S. The van der Waals surface area contributed by atoms with E-state index in [0.29, 0.717) is 6.54 Å². The molecule has 23 heavy (non-hydrogen) atoms. The van der Waals surface area contributed by atoms with Crippen LogP contribution in [0.4, 0.5) is 0 Å². The summed E-state index contributed by atoms with van der Waals surface area (Å²) in [6.45, 7) is 3.80. The van der Waals surface area contributed by atoms with Crippen LogP contribution >= 0.6 is 0 Å². The Labute approximate surface area is 139 Å². The molecule has 2 unspecified atom stereocenters. The largest absolute Gasteiger partial charge is 0.301 e. The smallest absolute Gasteiger partial charge is 0.211 e. The second-order valence-electron chi connectivity index (χ2n) is 7.61. The van der Waals surface area contributed by atoms with Gasteiger partial charge in [-0.1, -0.05) is 30.3 Å². The van der Waals surface area contributed by atoms with Crippen molar-refractivity contribution in [3.05, 3.63) is 35.9 Å². The number of rotatable bonds is 4. The first-order valence-electron chi connectivity index (χ1n) is 8.74. The summed E-state index contributed by atoms with van der Waals surface area (Å²) >= 11 is 0. The normalized spacial score (nSPS) is 32.8. The molecule has 3 fully saturated rings. The Morgan fingerprint density at radius 2 is 1.83 bits per heavy atom. The van der Waals surface area contributed by atoms with Gasteiger partial charge in [0.2, 0.25) is 10.0 Å². The van der Waals surface area contributed by atoms with Crippen LogP contribution < -0.4 is 0 Å². The maximum atomic E-state index is 12.3. The molecule has 3 aliphatic rings. The summed E-state index contributed by atoms with van der Waals surface area (Å²) < 4.78 is 26.4. The van der Waals surface area contributed by atoms with Gasteiger partial charge in [0.15, 0.2) is 0 Å². The zero-order valence-electron chi connectivity index (χ0n) is 13.8. The molecule has 1 aromatic carbocycles. The van der Waals surface area contributed by atoms with Gasteiger partial charge in [0.1, 0.15) is 0 Å². The number of fused-ring (bicyclic) bond motifs is 1. The first-order chi connectivity index (χ1) is 11.0. The molecule has 0 spiro atoms. The highest BCUT2D eigenvalue weighted by molar-refractivity contribution is 7.88. The van der Waals surface area contributed by atoms with E-state index in [2.05, 4.69) is 29.2 Å². The Hall–Kier alpha value is -0.910. The molecule has 0 aromatic heterocycles. The maximum Gasteiger partial charge on any atom is 0.211 e. The summed E-state index contributed by atoms with van der Waals surface area (Å²) in [5.74, 6) is 0.854. The molecule has 1 saturated carbocycles. The van der Waals surface area contributed by atoms with Crippen LogP contribution in [0.2, 0.25) is 0 Å². The SMILES string of the molecule is CS(=O)(=O)N1CCC2(c3ccccc3)CCN(CC3CC3)CC12. The molecule has 4 nitrogen and oxygen atoms in total. The third kappa shape index (κ3) is 2.83. The monoisotopic (exact) mass is 334 g/mol. The Bertz CT molecular complexity index is 672. The minimum atomic E-state index is -3.15. The van der Waals surface area contributed by atoms with Gasteiger partial charge in [-0.15, -0.1) is 0 Å². The molecule has 1 aliphatic carbocycles. The highest BCUT2D eigenvalue weighted by atomic mass is 32.2. The van der Waals surface area contributed by atoms with Crippen LogP contribution in [0.5, 0.6) is 0 Å². The molecule has 0 amide bonds. The Balaban J connectivity index is 1.67. The van der Waals surface area contributed by atoms with Crippen LogP contribution in [-0.4, -0.2) is 56.1 Å². The number of likely N-dealkylation sites (tertiary alicyclic amines) is 1. The van der Waals surface area contributed by atoms with E-state index >= 15 is 0 Å². The standard InChI is InChI=1S/C18H26N2O2S/c1-23(21,22)20-12-10-18(16-5-3-2-4-6-16)9-11-19(14-17(18)20)13-15-7-8-15/h2-6,15,17H,7-14H2,1H3. The van der Waals surface area contributed by atoms with Gasteiger partial charge >= 0.3 is 0 Å². The van der Waals surface area contributed by atoms with E-state index in [0.717, 1.165) is 38.4 Å². The van der Waals surface area contributed by atoms with Gasteiger partial charge in [0, 0.05) is 31.1 Å². The molecule has 5 heteroatoms. The second kappa shape index (κ2) is 5.57. The second-order valence-corrected chi connectivity index (χ2v) is 9.55. The van der Waals surface area contributed by atoms with Crippen molar-refractivity contribution in [2.45, 2.75) is 37.1 Å². The highest BCUT2D eigenvalue weighted by Crippen LogP contribution is 2.47. The number of nitrogens with zero attached hydrogens (tertiary/aromatic N) is 2. The first-order valence-corrected chi connectivity index (χ1v) is 10.6.